The molecule has 17 aromatic carbocycles. The minimum atomic E-state index is -3.17. The van der Waals surface area contributed by atoms with Crippen molar-refractivity contribution < 1.29 is 0 Å². The number of aromatic nitrogens is 3. The predicted molar refractivity (Wildman–Crippen MR) is 471 cm³/mol. The number of rotatable bonds is 13. The lowest BCUT2D eigenvalue weighted by atomic mass is 9.33. The third-order valence-electron chi connectivity index (χ3n) is 23.9. The molecule has 2 aliphatic heterocycles. The van der Waals surface area contributed by atoms with Gasteiger partial charge < -0.3 is 23.5 Å². The van der Waals surface area contributed by atoms with Crippen LogP contribution in [0.4, 0.5) is 34.1 Å². The molecule has 0 bridgehead atoms. The van der Waals surface area contributed by atoms with Gasteiger partial charge in [-0.15, -0.1) is 0 Å². The Morgan fingerprint density at radius 1 is 0.173 bits per heavy atom. The normalized spacial score (nSPS) is 12.7. The summed E-state index contributed by atoms with van der Waals surface area (Å²) >= 11 is 0. The summed E-state index contributed by atoms with van der Waals surface area (Å²) in [6.07, 6.45) is 0. The van der Waals surface area contributed by atoms with Gasteiger partial charge in [0.1, 0.15) is 0 Å². The average Bonchev–Trinajstić information content (AvgIpc) is 0.810. The van der Waals surface area contributed by atoms with E-state index in [0.717, 1.165) is 62.2 Å². The summed E-state index contributed by atoms with van der Waals surface area (Å²) in [5, 5.41) is 17.9. The highest BCUT2D eigenvalue weighted by Gasteiger charge is 2.49. The SMILES string of the molecule is c1ccc([Si](c2ccccc2)(c2ccccc2)c2ccc3c(c2)N(c2ccc(-n4c5ccccc5c5ccccc54)cc2)c2cc(-n4c5ccccc5c5ccccc54)cc4c2B3c2ccc([Si](c3ccccc3)(c3ccccc3)c3ccccc3)cc2N4c2ccc(-n3c4ccccc4c4ccccc43)cc2)cc1. The van der Waals surface area contributed by atoms with E-state index in [9.17, 15) is 0 Å². The molecule has 8 heteroatoms. The molecule has 0 unspecified atom stereocenters. The standard InChI is InChI=1S/C102H70BN5Si2/c1-7-31-76(32-8-1)109(77-33-9-2-10-34-77,78-35-11-3-12-36-78)82-63-65-90-98(69-82)106(73-59-55-71(56-60-73)104-92-49-25-19-43-84(92)85-44-20-26-50-93(85)104)100-67-75(108-96-53-29-23-47-88(96)89-48-24-30-54-97(89)108)68-101-102(100)103(90)91-66-64-83(110(79-37-13-4-14-38-79,80-39-15-5-16-40-80)81-41-17-6-18-42-81)70-99(91)107(101)74-61-57-72(58-62-74)105-94-51-27-21-45-86(94)87-46-22-28-52-95(87)105/h1-70H. The Labute approximate surface area is 641 Å². The van der Waals surface area contributed by atoms with E-state index in [1.165, 1.54) is 112 Å². The van der Waals surface area contributed by atoms with Gasteiger partial charge in [0.2, 0.25) is 0 Å². The molecular weight excluding hydrogens is 1360 g/mol. The van der Waals surface area contributed by atoms with Crippen molar-refractivity contribution in [3.63, 3.8) is 0 Å². The number of fused-ring (bicyclic) bond motifs is 13. The van der Waals surface area contributed by atoms with E-state index in [4.69, 9.17) is 0 Å². The molecule has 20 aromatic rings. The highest BCUT2D eigenvalue weighted by Crippen LogP contribution is 2.48. The quantitative estimate of drug-likeness (QED) is 0.0847. The number of para-hydroxylation sites is 6. The van der Waals surface area contributed by atoms with E-state index in [1.54, 1.807) is 0 Å². The molecule has 0 N–H and O–H groups in total. The van der Waals surface area contributed by atoms with Crippen molar-refractivity contribution in [3.05, 3.63) is 425 Å². The summed E-state index contributed by atoms with van der Waals surface area (Å²) in [6.45, 7) is -0.246. The summed E-state index contributed by atoms with van der Waals surface area (Å²) in [6, 6.07) is 161. The smallest absolute Gasteiger partial charge is 0.252 e. The van der Waals surface area contributed by atoms with E-state index in [1.807, 2.05) is 0 Å². The third kappa shape index (κ3) is 9.46. The molecule has 0 radical (unpaired) electrons. The lowest BCUT2D eigenvalue weighted by molar-refractivity contribution is 1.15. The van der Waals surface area contributed by atoms with Crippen LogP contribution in [0.1, 0.15) is 0 Å². The Hall–Kier alpha value is -13.8. The maximum absolute atomic E-state index is 3.17. The molecule has 0 atom stereocenters. The number of hydrogen-bond donors (Lipinski definition) is 0. The highest BCUT2D eigenvalue weighted by molar-refractivity contribution is 7.20. The summed E-state index contributed by atoms with van der Waals surface area (Å²) in [5.74, 6) is 0. The zero-order valence-corrected chi connectivity index (χ0v) is 62.2. The summed E-state index contributed by atoms with van der Waals surface area (Å²) in [5.41, 5.74) is 20.6. The second-order valence-electron chi connectivity index (χ2n) is 29.4. The lowest BCUT2D eigenvalue weighted by Gasteiger charge is -2.46. The van der Waals surface area contributed by atoms with Gasteiger partial charge in [0, 0.05) is 77.8 Å². The van der Waals surface area contributed by atoms with Gasteiger partial charge in [-0.3, -0.25) is 0 Å². The van der Waals surface area contributed by atoms with E-state index >= 15 is 0 Å². The molecule has 2 aliphatic rings. The zero-order valence-electron chi connectivity index (χ0n) is 60.2. The number of benzene rings is 17. The Morgan fingerprint density at radius 2 is 0.400 bits per heavy atom. The Kier molecular flexibility index (Phi) is 14.7. The second kappa shape index (κ2) is 25.5. The van der Waals surface area contributed by atoms with Gasteiger partial charge in [0.15, 0.2) is 16.1 Å². The zero-order chi connectivity index (χ0) is 72.4. The Morgan fingerprint density at radius 3 is 0.664 bits per heavy atom. The van der Waals surface area contributed by atoms with Crippen LogP contribution in [0.2, 0.25) is 0 Å². The molecule has 0 fully saturated rings. The van der Waals surface area contributed by atoms with Gasteiger partial charge in [-0.2, -0.15) is 0 Å². The van der Waals surface area contributed by atoms with Gasteiger partial charge >= 0.3 is 0 Å². The fraction of sp³-hybridized carbons (Fsp3) is 0. The molecule has 514 valence electrons. The van der Waals surface area contributed by atoms with Crippen molar-refractivity contribution in [2.45, 2.75) is 0 Å². The van der Waals surface area contributed by atoms with Crippen LogP contribution in [0.25, 0.3) is 82.5 Å². The van der Waals surface area contributed by atoms with Gasteiger partial charge in [-0.1, -0.05) is 315 Å². The van der Waals surface area contributed by atoms with Crippen LogP contribution in [0.15, 0.2) is 425 Å². The summed E-state index contributed by atoms with van der Waals surface area (Å²) in [4.78, 5) is 5.31. The number of anilines is 6. The molecule has 0 aliphatic carbocycles. The second-order valence-corrected chi connectivity index (χ2v) is 37.0. The van der Waals surface area contributed by atoms with Crippen LogP contribution in [0, 0.1) is 0 Å². The number of nitrogens with zero attached hydrogens (tertiary/aromatic N) is 5. The molecule has 0 amide bonds. The van der Waals surface area contributed by atoms with Crippen LogP contribution >= 0.6 is 0 Å². The van der Waals surface area contributed by atoms with Crippen LogP contribution in [0.3, 0.4) is 0 Å². The van der Waals surface area contributed by atoms with Crippen molar-refractivity contribution in [1.82, 2.24) is 13.7 Å². The van der Waals surface area contributed by atoms with E-state index in [0.29, 0.717) is 0 Å². The minimum Gasteiger partial charge on any atom is -0.311 e. The first-order valence-electron chi connectivity index (χ1n) is 38.2. The van der Waals surface area contributed by atoms with Crippen molar-refractivity contribution in [2.24, 2.45) is 0 Å². The van der Waals surface area contributed by atoms with Crippen molar-refractivity contribution in [2.75, 3.05) is 9.80 Å². The van der Waals surface area contributed by atoms with Crippen molar-refractivity contribution in [3.8, 4) is 17.1 Å². The van der Waals surface area contributed by atoms with Crippen molar-refractivity contribution in [1.29, 1.82) is 0 Å². The van der Waals surface area contributed by atoms with E-state index in [-0.39, 0.29) is 6.71 Å². The fourth-order valence-corrected chi connectivity index (χ4v) is 28.9. The Bertz CT molecular complexity index is 6250. The minimum absolute atomic E-state index is 0.246. The molecule has 0 saturated carbocycles. The first-order valence-corrected chi connectivity index (χ1v) is 42.2. The molecule has 22 rings (SSSR count). The largest absolute Gasteiger partial charge is 0.311 e. The highest BCUT2D eigenvalue weighted by atomic mass is 28.3. The molecule has 110 heavy (non-hydrogen) atoms. The van der Waals surface area contributed by atoms with Crippen LogP contribution in [0.5, 0.6) is 0 Å². The van der Waals surface area contributed by atoms with Gasteiger partial charge in [0.25, 0.3) is 6.71 Å². The fourth-order valence-electron chi connectivity index (χ4n) is 19.4. The first kappa shape index (κ1) is 63.5. The number of hydrogen-bond acceptors (Lipinski definition) is 2. The molecule has 0 spiro atoms. The van der Waals surface area contributed by atoms with Crippen LogP contribution < -0.4 is 67.7 Å². The summed E-state index contributed by atoms with van der Waals surface area (Å²) < 4.78 is 7.42. The summed E-state index contributed by atoms with van der Waals surface area (Å²) in [7, 11) is -6.34. The maximum Gasteiger partial charge on any atom is 0.252 e. The predicted octanol–water partition coefficient (Wildman–Crippen LogP) is 17.8. The van der Waals surface area contributed by atoms with E-state index in [2.05, 4.69) is 448 Å². The van der Waals surface area contributed by atoms with Crippen molar-refractivity contribution >= 4 is 180 Å². The topological polar surface area (TPSA) is 21.3 Å². The van der Waals surface area contributed by atoms with Gasteiger partial charge in [-0.25, -0.2) is 0 Å². The van der Waals surface area contributed by atoms with Gasteiger partial charge in [0.05, 0.1) is 38.8 Å². The molecule has 5 heterocycles. The molecule has 0 saturated heterocycles. The first-order chi connectivity index (χ1) is 54.6. The van der Waals surface area contributed by atoms with Crippen LogP contribution in [-0.2, 0) is 0 Å². The Balaban J connectivity index is 0.876. The maximum atomic E-state index is 2.66. The van der Waals surface area contributed by atoms with Gasteiger partial charge in [-0.05, 0) is 167 Å². The third-order valence-corrected chi connectivity index (χ3v) is 33.4. The average molecular weight is 1430 g/mol. The van der Waals surface area contributed by atoms with Crippen LogP contribution in [-0.4, -0.2) is 36.6 Å². The molecule has 5 nitrogen and oxygen atoms in total. The van der Waals surface area contributed by atoms with E-state index < -0.39 is 16.1 Å². The molecular formula is C102H70BN5Si2. The molecule has 3 aromatic heterocycles. The monoisotopic (exact) mass is 1430 g/mol. The lowest BCUT2D eigenvalue weighted by Crippen LogP contribution is -2.75.